The monoisotopic (exact) mass is 454 g/mol. The van der Waals surface area contributed by atoms with Crippen LogP contribution in [-0.4, -0.2) is 11.1 Å². The van der Waals surface area contributed by atoms with Crippen molar-refractivity contribution in [3.05, 3.63) is 82.0 Å². The number of hydrogen-bond donors (Lipinski definition) is 3. The molecule has 1 aliphatic heterocycles. The van der Waals surface area contributed by atoms with Crippen molar-refractivity contribution in [3.63, 3.8) is 0 Å². The van der Waals surface area contributed by atoms with Crippen LogP contribution in [0.25, 0.3) is 0 Å². The molecule has 2 aliphatic rings. The van der Waals surface area contributed by atoms with Crippen molar-refractivity contribution in [2.24, 2.45) is 11.1 Å². The number of carbonyl (C=O) groups excluding carboxylic acids is 1. The van der Waals surface area contributed by atoms with Crippen LogP contribution in [0.3, 0.4) is 0 Å². The Hall–Kier alpha value is -2.72. The quantitative estimate of drug-likeness (QED) is 0.338. The lowest BCUT2D eigenvalue weighted by molar-refractivity contribution is -0.137. The smallest absolute Gasteiger partial charge is 0.416 e. The van der Waals surface area contributed by atoms with Crippen LogP contribution in [0.2, 0.25) is 0 Å². The van der Waals surface area contributed by atoms with Crippen LogP contribution in [0.4, 0.5) is 17.6 Å². The van der Waals surface area contributed by atoms with E-state index in [1.807, 2.05) is 6.92 Å². The van der Waals surface area contributed by atoms with Gasteiger partial charge in [0.25, 0.3) is 0 Å². The number of nitrogens with one attached hydrogen (secondary N) is 1. The molecule has 0 bridgehead atoms. The van der Waals surface area contributed by atoms with E-state index in [0.717, 1.165) is 23.8 Å². The van der Waals surface area contributed by atoms with Crippen LogP contribution >= 0.6 is 12.2 Å². The Morgan fingerprint density at radius 3 is 2.48 bits per heavy atom. The third-order valence-corrected chi connectivity index (χ3v) is 6.22. The van der Waals surface area contributed by atoms with Gasteiger partial charge in [0.1, 0.15) is 29.8 Å². The molecule has 1 heterocycles. The van der Waals surface area contributed by atoms with Crippen molar-refractivity contribution < 1.29 is 31.6 Å². The first-order valence-electron chi connectivity index (χ1n) is 9.30. The lowest BCUT2D eigenvalue weighted by atomic mass is 9.89. The zero-order chi connectivity index (χ0) is 22.6. The zero-order valence-electron chi connectivity index (χ0n) is 16.2. The lowest BCUT2D eigenvalue weighted by Gasteiger charge is -2.33. The Balaban J connectivity index is 1.49. The second-order valence-electron chi connectivity index (χ2n) is 7.83. The first-order chi connectivity index (χ1) is 14.6. The van der Waals surface area contributed by atoms with Gasteiger partial charge in [0.15, 0.2) is 0 Å². The largest absolute Gasteiger partial charge is 0.508 e. The number of rotatable bonds is 5. The van der Waals surface area contributed by atoms with Crippen LogP contribution in [-0.2, 0) is 15.8 Å². The highest BCUT2D eigenvalue weighted by molar-refractivity contribution is 7.92. The number of alkyl halides is 3. The summed E-state index contributed by atoms with van der Waals surface area (Å²) in [5.41, 5.74) is 0.387. The highest BCUT2D eigenvalue weighted by Crippen LogP contribution is 2.60. The fourth-order valence-electron chi connectivity index (χ4n) is 4.01. The molecule has 3 unspecified atom stereocenters. The maximum absolute atomic E-state index is 14.2. The van der Waals surface area contributed by atoms with Gasteiger partial charge in [0, 0.05) is 11.3 Å². The summed E-state index contributed by atoms with van der Waals surface area (Å²) in [5.74, 6) is -1.75. The summed E-state index contributed by atoms with van der Waals surface area (Å²) in [5, 5.41) is 18.7. The molecular weight excluding hydrogens is 436 g/mol. The molecule has 5 nitrogen and oxygen atoms in total. The Kier molecular flexibility index (Phi) is 5.17. The first kappa shape index (κ1) is 21.5. The Morgan fingerprint density at radius 1 is 1.26 bits per heavy atom. The van der Waals surface area contributed by atoms with Gasteiger partial charge in [-0.3, -0.25) is 0 Å². The Bertz CT molecular complexity index is 1070. The molecule has 0 amide bonds. The van der Waals surface area contributed by atoms with Gasteiger partial charge in [-0.2, -0.15) is 13.2 Å². The minimum atomic E-state index is -4.39. The highest BCUT2D eigenvalue weighted by atomic mass is 32.2. The number of halogens is 4. The van der Waals surface area contributed by atoms with Gasteiger partial charge in [-0.05, 0) is 41.8 Å². The molecule has 4 rings (SSSR count). The second-order valence-corrected chi connectivity index (χ2v) is 8.19. The summed E-state index contributed by atoms with van der Waals surface area (Å²) in [4.78, 5) is 11.6. The van der Waals surface area contributed by atoms with Gasteiger partial charge in [0.2, 0.25) is 0 Å². The van der Waals surface area contributed by atoms with Crippen molar-refractivity contribution >= 4 is 18.2 Å². The predicted molar refractivity (Wildman–Crippen MR) is 106 cm³/mol. The van der Waals surface area contributed by atoms with E-state index in [1.165, 1.54) is 24.3 Å². The van der Waals surface area contributed by atoms with E-state index < -0.39 is 35.0 Å². The predicted octanol–water partition coefficient (Wildman–Crippen LogP) is 4.91. The fraction of sp³-hybridized carbons (Fsp3) is 0.286. The van der Waals surface area contributed by atoms with Gasteiger partial charge in [-0.1, -0.05) is 25.1 Å². The minimum Gasteiger partial charge on any atom is -0.508 e. The SMILES string of the molecule is CC1(c2ccc(C(F)(F)F)cc2)CC1C1=C(O)C(c2ccc(C(=O)OSN)c(F)c2)N1. The standard InChI is InChI=1S/C21H18F4N2O3S/c1-20(11-3-5-12(6-4-11)21(23,24)25)9-14(20)17-18(28)16(27-17)10-2-7-13(15(22)8-10)19(29)30-31-26/h2-8,14,16,27-28H,9,26H2,1H3. The zero-order valence-corrected chi connectivity index (χ0v) is 17.0. The Labute approximate surface area is 179 Å². The minimum absolute atomic E-state index is 0.0490. The molecule has 2 aromatic rings. The van der Waals surface area contributed by atoms with Crippen molar-refractivity contribution in [2.45, 2.75) is 31.0 Å². The van der Waals surface area contributed by atoms with E-state index >= 15 is 0 Å². The Morgan fingerprint density at radius 2 is 1.94 bits per heavy atom. The number of benzene rings is 2. The number of carbonyl (C=O) groups is 1. The maximum Gasteiger partial charge on any atom is 0.416 e. The molecule has 0 radical (unpaired) electrons. The average Bonchev–Trinajstić information content (AvgIpc) is 3.38. The number of nitrogens with two attached hydrogens (primary N) is 1. The second kappa shape index (κ2) is 7.45. The van der Waals surface area contributed by atoms with E-state index in [2.05, 4.69) is 9.50 Å². The summed E-state index contributed by atoms with van der Waals surface area (Å²) in [7, 11) is 0. The topological polar surface area (TPSA) is 84.6 Å². The molecular formula is C21H18F4N2O3S. The van der Waals surface area contributed by atoms with E-state index in [1.54, 1.807) is 0 Å². The van der Waals surface area contributed by atoms with Crippen LogP contribution < -0.4 is 10.5 Å². The number of hydrogen-bond acceptors (Lipinski definition) is 6. The van der Waals surface area contributed by atoms with Gasteiger partial charge < -0.3 is 14.6 Å². The highest BCUT2D eigenvalue weighted by Gasteiger charge is 2.57. The van der Waals surface area contributed by atoms with E-state index in [0.29, 0.717) is 29.9 Å². The first-order valence-corrected chi connectivity index (χ1v) is 10.1. The van der Waals surface area contributed by atoms with Gasteiger partial charge in [-0.25, -0.2) is 14.3 Å². The molecule has 4 N–H and O–H groups in total. The van der Waals surface area contributed by atoms with Crippen molar-refractivity contribution in [1.29, 1.82) is 0 Å². The molecule has 2 aromatic carbocycles. The molecule has 1 fully saturated rings. The summed E-state index contributed by atoms with van der Waals surface area (Å²) >= 11 is 0.318. The molecule has 3 atom stereocenters. The third-order valence-electron chi connectivity index (χ3n) is 5.98. The van der Waals surface area contributed by atoms with E-state index in [-0.39, 0.29) is 17.2 Å². The van der Waals surface area contributed by atoms with Crippen molar-refractivity contribution in [2.75, 3.05) is 0 Å². The van der Waals surface area contributed by atoms with Crippen LogP contribution in [0.1, 0.15) is 46.4 Å². The number of allylic oxidation sites excluding steroid dienone is 1. The van der Waals surface area contributed by atoms with Crippen LogP contribution in [0.15, 0.2) is 53.9 Å². The molecule has 1 aliphatic carbocycles. The van der Waals surface area contributed by atoms with E-state index in [4.69, 9.17) is 5.14 Å². The summed E-state index contributed by atoms with van der Waals surface area (Å²) in [6, 6.07) is 8.28. The normalized spacial score (nSPS) is 25.0. The molecule has 1 saturated carbocycles. The van der Waals surface area contributed by atoms with Crippen LogP contribution in [0, 0.1) is 11.7 Å². The molecule has 0 spiro atoms. The average molecular weight is 454 g/mol. The lowest BCUT2D eigenvalue weighted by Crippen LogP contribution is -2.37. The summed E-state index contributed by atoms with van der Waals surface area (Å²) < 4.78 is 57.1. The van der Waals surface area contributed by atoms with Gasteiger partial charge >= 0.3 is 12.1 Å². The van der Waals surface area contributed by atoms with Crippen molar-refractivity contribution in [3.8, 4) is 0 Å². The van der Waals surface area contributed by atoms with Crippen LogP contribution in [0.5, 0.6) is 0 Å². The van der Waals surface area contributed by atoms with E-state index in [9.17, 15) is 27.5 Å². The molecule has 164 valence electrons. The maximum atomic E-state index is 14.2. The summed E-state index contributed by atoms with van der Waals surface area (Å²) in [6.45, 7) is 1.92. The van der Waals surface area contributed by atoms with Gasteiger partial charge in [0.05, 0.1) is 16.8 Å². The third kappa shape index (κ3) is 3.74. The van der Waals surface area contributed by atoms with Gasteiger partial charge in [-0.15, -0.1) is 0 Å². The molecule has 0 aromatic heterocycles. The number of aliphatic hydroxyl groups is 1. The molecule has 0 saturated heterocycles. The van der Waals surface area contributed by atoms with Crippen molar-refractivity contribution in [1.82, 2.24) is 5.32 Å². The fourth-order valence-corrected chi connectivity index (χ4v) is 4.18. The number of aliphatic hydroxyl groups excluding tert-OH is 1. The summed E-state index contributed by atoms with van der Waals surface area (Å²) in [6.07, 6.45) is -3.73. The molecule has 10 heteroatoms. The molecule has 31 heavy (non-hydrogen) atoms.